The van der Waals surface area contributed by atoms with Crippen molar-refractivity contribution in [1.29, 1.82) is 0 Å². The van der Waals surface area contributed by atoms with E-state index in [9.17, 15) is 14.0 Å². The number of aryl methyl sites for hydroxylation is 1. The molecule has 2 rings (SSSR count). The fourth-order valence-corrected chi connectivity index (χ4v) is 2.72. The molecule has 27 heavy (non-hydrogen) atoms. The zero-order valence-electron chi connectivity index (χ0n) is 15.0. The number of hydrogen-bond acceptors (Lipinski definition) is 3. The van der Waals surface area contributed by atoms with Crippen LogP contribution < -0.4 is 10.6 Å². The maximum Gasteiger partial charge on any atom is 0.238 e. The average Bonchev–Trinajstić information content (AvgIpc) is 2.60. The number of nitrogens with zero attached hydrogens (tertiary/aromatic N) is 1. The Bertz CT molecular complexity index is 846. The summed E-state index contributed by atoms with van der Waals surface area (Å²) in [5.74, 6) is -1.31. The van der Waals surface area contributed by atoms with Crippen LogP contribution in [0.1, 0.15) is 12.5 Å². The predicted molar refractivity (Wildman–Crippen MR) is 107 cm³/mol. The molecular formula is C19H20Cl2FN3O2. The second-order valence-corrected chi connectivity index (χ2v) is 6.86. The molecule has 0 heterocycles. The number of anilines is 2. The molecule has 2 N–H and O–H groups in total. The topological polar surface area (TPSA) is 61.4 Å². The Morgan fingerprint density at radius 3 is 2.11 bits per heavy atom. The van der Waals surface area contributed by atoms with E-state index in [4.69, 9.17) is 23.2 Å². The SMILES string of the molecule is CCN(CC(=O)Nc1cc(Cl)ccc1C)CC(=O)Nc1ccc(Cl)cc1F. The number of carbonyl (C=O) groups is 2. The normalized spacial score (nSPS) is 10.7. The maximum absolute atomic E-state index is 13.8. The van der Waals surface area contributed by atoms with Gasteiger partial charge in [-0.1, -0.05) is 36.2 Å². The minimum atomic E-state index is -0.618. The Kier molecular flexibility index (Phi) is 7.59. The number of nitrogens with one attached hydrogen (secondary N) is 2. The Morgan fingerprint density at radius 2 is 1.52 bits per heavy atom. The monoisotopic (exact) mass is 411 g/mol. The van der Waals surface area contributed by atoms with Gasteiger partial charge in [-0.2, -0.15) is 0 Å². The Labute approximate surface area is 167 Å². The summed E-state index contributed by atoms with van der Waals surface area (Å²) in [6, 6.07) is 9.21. The quantitative estimate of drug-likeness (QED) is 0.711. The average molecular weight is 412 g/mol. The lowest BCUT2D eigenvalue weighted by molar-refractivity contribution is -0.119. The van der Waals surface area contributed by atoms with Crippen molar-refractivity contribution >= 4 is 46.4 Å². The third kappa shape index (κ3) is 6.50. The largest absolute Gasteiger partial charge is 0.325 e. The predicted octanol–water partition coefficient (Wildman–Crippen LogP) is 4.34. The molecule has 2 aromatic carbocycles. The number of amides is 2. The molecule has 0 saturated heterocycles. The lowest BCUT2D eigenvalue weighted by atomic mass is 10.2. The smallest absolute Gasteiger partial charge is 0.238 e. The van der Waals surface area contributed by atoms with Gasteiger partial charge in [-0.3, -0.25) is 14.5 Å². The molecule has 0 aliphatic carbocycles. The molecule has 0 bridgehead atoms. The molecule has 0 aliphatic heterocycles. The van der Waals surface area contributed by atoms with Gasteiger partial charge in [-0.05, 0) is 49.4 Å². The Morgan fingerprint density at radius 1 is 0.963 bits per heavy atom. The third-order valence-electron chi connectivity index (χ3n) is 3.86. The van der Waals surface area contributed by atoms with Gasteiger partial charge in [0.2, 0.25) is 11.8 Å². The van der Waals surface area contributed by atoms with Crippen molar-refractivity contribution in [3.63, 3.8) is 0 Å². The van der Waals surface area contributed by atoms with Crippen molar-refractivity contribution in [2.75, 3.05) is 30.3 Å². The van der Waals surface area contributed by atoms with Gasteiger partial charge in [0.1, 0.15) is 5.82 Å². The molecule has 0 aliphatic rings. The van der Waals surface area contributed by atoms with E-state index in [0.29, 0.717) is 17.3 Å². The highest BCUT2D eigenvalue weighted by Gasteiger charge is 2.15. The molecule has 2 aromatic rings. The third-order valence-corrected chi connectivity index (χ3v) is 4.33. The molecule has 8 heteroatoms. The molecule has 0 unspecified atom stereocenters. The standard InChI is InChI=1S/C19H20Cl2FN3O2/c1-3-25(10-18(26)23-16-7-6-13(20)8-15(16)22)11-19(27)24-17-9-14(21)5-4-12(17)2/h4-9H,3,10-11H2,1-2H3,(H,23,26)(H,24,27). The van der Waals surface area contributed by atoms with Crippen LogP contribution in [0.25, 0.3) is 0 Å². The fraction of sp³-hybridized carbons (Fsp3) is 0.263. The number of hydrogen-bond donors (Lipinski definition) is 2. The van der Waals surface area contributed by atoms with Gasteiger partial charge in [0.05, 0.1) is 18.8 Å². The molecule has 0 spiro atoms. The highest BCUT2D eigenvalue weighted by atomic mass is 35.5. The molecule has 144 valence electrons. The van der Waals surface area contributed by atoms with Crippen LogP contribution in [0.2, 0.25) is 10.0 Å². The van der Waals surface area contributed by atoms with Gasteiger partial charge in [-0.15, -0.1) is 0 Å². The van der Waals surface area contributed by atoms with E-state index in [0.717, 1.165) is 11.6 Å². The van der Waals surface area contributed by atoms with Gasteiger partial charge in [-0.25, -0.2) is 4.39 Å². The van der Waals surface area contributed by atoms with Crippen molar-refractivity contribution < 1.29 is 14.0 Å². The number of carbonyl (C=O) groups excluding carboxylic acids is 2. The van der Waals surface area contributed by atoms with Crippen LogP contribution in [0.5, 0.6) is 0 Å². The summed E-state index contributed by atoms with van der Waals surface area (Å²) in [6.07, 6.45) is 0. The summed E-state index contributed by atoms with van der Waals surface area (Å²) in [5.41, 5.74) is 1.54. The first-order valence-electron chi connectivity index (χ1n) is 8.31. The molecule has 0 fully saturated rings. The fourth-order valence-electron chi connectivity index (χ4n) is 2.38. The number of halogens is 3. The second kappa shape index (κ2) is 9.69. The van der Waals surface area contributed by atoms with Crippen LogP contribution in [-0.4, -0.2) is 36.3 Å². The molecule has 5 nitrogen and oxygen atoms in total. The van der Waals surface area contributed by atoms with Crippen LogP contribution in [0.3, 0.4) is 0 Å². The summed E-state index contributed by atoms with van der Waals surface area (Å²) >= 11 is 11.6. The van der Waals surface area contributed by atoms with Crippen molar-refractivity contribution in [2.24, 2.45) is 0 Å². The minimum Gasteiger partial charge on any atom is -0.325 e. The van der Waals surface area contributed by atoms with Crippen LogP contribution >= 0.6 is 23.2 Å². The van der Waals surface area contributed by atoms with E-state index in [1.54, 1.807) is 17.0 Å². The summed E-state index contributed by atoms with van der Waals surface area (Å²) in [4.78, 5) is 26.1. The van der Waals surface area contributed by atoms with E-state index < -0.39 is 11.7 Å². The molecule has 0 radical (unpaired) electrons. The summed E-state index contributed by atoms with van der Waals surface area (Å²) in [5, 5.41) is 6.03. The van der Waals surface area contributed by atoms with Gasteiger partial charge >= 0.3 is 0 Å². The molecule has 0 saturated carbocycles. The molecule has 0 atom stereocenters. The van der Waals surface area contributed by atoms with Crippen molar-refractivity contribution in [2.45, 2.75) is 13.8 Å². The first-order valence-corrected chi connectivity index (χ1v) is 9.07. The van der Waals surface area contributed by atoms with E-state index in [1.807, 2.05) is 19.9 Å². The van der Waals surface area contributed by atoms with Gasteiger partial charge in [0.25, 0.3) is 0 Å². The zero-order valence-corrected chi connectivity index (χ0v) is 16.5. The highest BCUT2D eigenvalue weighted by Crippen LogP contribution is 2.20. The van der Waals surface area contributed by atoms with Crippen molar-refractivity contribution in [3.8, 4) is 0 Å². The summed E-state index contributed by atoms with van der Waals surface area (Å²) in [7, 11) is 0. The van der Waals surface area contributed by atoms with Crippen molar-refractivity contribution in [3.05, 3.63) is 57.8 Å². The summed E-state index contributed by atoms with van der Waals surface area (Å²) in [6.45, 7) is 4.11. The van der Waals surface area contributed by atoms with Gasteiger partial charge < -0.3 is 10.6 Å². The first kappa shape index (κ1) is 21.2. The zero-order chi connectivity index (χ0) is 20.0. The van der Waals surface area contributed by atoms with Crippen LogP contribution in [-0.2, 0) is 9.59 Å². The molecule has 2 amide bonds. The van der Waals surface area contributed by atoms with Crippen LogP contribution in [0.15, 0.2) is 36.4 Å². The first-order chi connectivity index (χ1) is 12.8. The van der Waals surface area contributed by atoms with Crippen LogP contribution in [0.4, 0.5) is 15.8 Å². The van der Waals surface area contributed by atoms with E-state index in [2.05, 4.69) is 10.6 Å². The number of likely N-dealkylation sites (N-methyl/N-ethyl adjacent to an activating group) is 1. The number of benzene rings is 2. The second-order valence-electron chi connectivity index (χ2n) is 5.98. The van der Waals surface area contributed by atoms with Gasteiger partial charge in [0, 0.05) is 15.7 Å². The van der Waals surface area contributed by atoms with Crippen LogP contribution in [0, 0.1) is 12.7 Å². The summed E-state index contributed by atoms with van der Waals surface area (Å²) < 4.78 is 13.8. The minimum absolute atomic E-state index is 0.0129. The van der Waals surface area contributed by atoms with E-state index in [1.165, 1.54) is 12.1 Å². The molecule has 0 aromatic heterocycles. The highest BCUT2D eigenvalue weighted by molar-refractivity contribution is 6.31. The van der Waals surface area contributed by atoms with E-state index in [-0.39, 0.29) is 29.7 Å². The van der Waals surface area contributed by atoms with E-state index >= 15 is 0 Å². The lowest BCUT2D eigenvalue weighted by Gasteiger charge is -2.20. The number of rotatable bonds is 7. The van der Waals surface area contributed by atoms with Gasteiger partial charge in [0.15, 0.2) is 0 Å². The Balaban J connectivity index is 1.93. The maximum atomic E-state index is 13.8. The Hall–Kier alpha value is -2.15. The molecular weight excluding hydrogens is 392 g/mol. The van der Waals surface area contributed by atoms with Crippen molar-refractivity contribution in [1.82, 2.24) is 4.90 Å². The lowest BCUT2D eigenvalue weighted by Crippen LogP contribution is -2.38.